The summed E-state index contributed by atoms with van der Waals surface area (Å²) in [5.74, 6) is -0.830. The van der Waals surface area contributed by atoms with Crippen molar-refractivity contribution >= 4 is 69.5 Å². The van der Waals surface area contributed by atoms with E-state index < -0.39 is 11.8 Å². The number of ether oxygens (including phenoxy) is 1. The Morgan fingerprint density at radius 1 is 1.10 bits per heavy atom. The molecule has 0 saturated carbocycles. The molecular formula is C27H29Cl3N6O3S. The minimum absolute atomic E-state index is 0.0808. The van der Waals surface area contributed by atoms with Crippen LogP contribution in [0.25, 0.3) is 10.4 Å². The van der Waals surface area contributed by atoms with E-state index in [0.29, 0.717) is 64.8 Å². The highest BCUT2D eigenvalue weighted by Crippen LogP contribution is 2.47. The van der Waals surface area contributed by atoms with Crippen molar-refractivity contribution in [3.63, 3.8) is 0 Å². The second-order valence-electron chi connectivity index (χ2n) is 9.77. The van der Waals surface area contributed by atoms with Crippen LogP contribution in [-0.4, -0.2) is 86.1 Å². The largest absolute Gasteiger partial charge is 0.378 e. The number of rotatable bonds is 7. The summed E-state index contributed by atoms with van der Waals surface area (Å²) in [7, 11) is 2.11. The summed E-state index contributed by atoms with van der Waals surface area (Å²) >= 11 is 21.1. The molecule has 3 N–H and O–H groups in total. The molecule has 3 aromatic rings. The zero-order valence-corrected chi connectivity index (χ0v) is 25.0. The van der Waals surface area contributed by atoms with Crippen LogP contribution >= 0.6 is 46.1 Å². The Morgan fingerprint density at radius 2 is 1.82 bits per heavy atom. The summed E-state index contributed by atoms with van der Waals surface area (Å²) in [6.45, 7) is 6.41. The van der Waals surface area contributed by atoms with Gasteiger partial charge in [0, 0.05) is 57.6 Å². The highest BCUT2D eigenvalue weighted by Gasteiger charge is 2.32. The number of amides is 2. The van der Waals surface area contributed by atoms with Crippen LogP contribution in [0.2, 0.25) is 15.1 Å². The number of nitrogens with two attached hydrogens (primary N) is 1. The number of nitrogens with one attached hydrogen (secondary N) is 1. The molecule has 40 heavy (non-hydrogen) atoms. The fourth-order valence-electron chi connectivity index (χ4n) is 4.92. The van der Waals surface area contributed by atoms with Gasteiger partial charge in [0.2, 0.25) is 0 Å². The molecule has 5 rings (SSSR count). The van der Waals surface area contributed by atoms with Gasteiger partial charge in [0.1, 0.15) is 5.82 Å². The van der Waals surface area contributed by atoms with Crippen molar-refractivity contribution in [2.24, 2.45) is 5.73 Å². The predicted molar refractivity (Wildman–Crippen MR) is 161 cm³/mol. The lowest BCUT2D eigenvalue weighted by Gasteiger charge is -2.33. The number of pyridine rings is 1. The molecule has 1 aromatic carbocycles. The van der Waals surface area contributed by atoms with Gasteiger partial charge in [-0.2, -0.15) is 0 Å². The monoisotopic (exact) mass is 622 g/mol. The summed E-state index contributed by atoms with van der Waals surface area (Å²) in [6, 6.07) is 4.71. The normalized spacial score (nSPS) is 16.8. The van der Waals surface area contributed by atoms with Crippen LogP contribution in [0.1, 0.15) is 26.3 Å². The van der Waals surface area contributed by atoms with Crippen molar-refractivity contribution in [2.45, 2.75) is 6.54 Å². The van der Waals surface area contributed by atoms with Gasteiger partial charge in [0.05, 0.1) is 50.0 Å². The molecule has 0 unspecified atom stereocenters. The Kier molecular flexibility index (Phi) is 9.16. The highest BCUT2D eigenvalue weighted by molar-refractivity contribution is 7.14. The van der Waals surface area contributed by atoms with Crippen LogP contribution in [0.4, 0.5) is 11.5 Å². The van der Waals surface area contributed by atoms with Crippen molar-refractivity contribution in [3.8, 4) is 10.4 Å². The van der Waals surface area contributed by atoms with E-state index in [-0.39, 0.29) is 16.1 Å². The van der Waals surface area contributed by atoms with E-state index in [4.69, 9.17) is 45.3 Å². The van der Waals surface area contributed by atoms with Gasteiger partial charge in [0.15, 0.2) is 0 Å². The van der Waals surface area contributed by atoms with E-state index in [1.807, 2.05) is 10.3 Å². The first kappa shape index (κ1) is 29.1. The van der Waals surface area contributed by atoms with Gasteiger partial charge in [0.25, 0.3) is 11.8 Å². The number of benzene rings is 1. The molecule has 0 bridgehead atoms. The number of carbonyl (C=O) groups is 2. The molecule has 0 atom stereocenters. The number of carbonyl (C=O) groups excluding carboxylic acids is 2. The van der Waals surface area contributed by atoms with Crippen LogP contribution in [0.15, 0.2) is 29.8 Å². The molecule has 2 amide bonds. The number of primary amides is 1. The van der Waals surface area contributed by atoms with Gasteiger partial charge < -0.3 is 25.6 Å². The van der Waals surface area contributed by atoms with E-state index in [1.165, 1.54) is 23.6 Å². The Labute approximate surface area is 251 Å². The standard InChI is InChI=1S/C27H29Cl3N6O3S/c1-34-4-6-35(7-5-34)14-16-15-40-25(23(16)30)21-18(27(38)33-20-3-2-17(28)13-32-20)12-19(29)22(26(31)37)24(21)36-8-10-39-11-9-36/h2-3,12-13,15H,4-11,14H2,1H3,(H2,31,37)(H,32,33,38). The lowest BCUT2D eigenvalue weighted by Crippen LogP contribution is -2.43. The van der Waals surface area contributed by atoms with Gasteiger partial charge in [-0.15, -0.1) is 11.3 Å². The Balaban J connectivity index is 1.64. The summed E-state index contributed by atoms with van der Waals surface area (Å²) in [6.07, 6.45) is 1.45. The Bertz CT molecular complexity index is 1400. The number of piperazine rings is 1. The first-order valence-corrected chi connectivity index (χ1v) is 14.8. The highest BCUT2D eigenvalue weighted by atomic mass is 35.5. The zero-order chi connectivity index (χ0) is 28.4. The molecule has 2 fully saturated rings. The average molecular weight is 624 g/mol. The van der Waals surface area contributed by atoms with Crippen LogP contribution in [0.5, 0.6) is 0 Å². The van der Waals surface area contributed by atoms with Crippen LogP contribution in [0.3, 0.4) is 0 Å². The van der Waals surface area contributed by atoms with Gasteiger partial charge in [-0.05, 0) is 36.2 Å². The van der Waals surface area contributed by atoms with Crippen LogP contribution in [0, 0.1) is 0 Å². The number of morpholine rings is 1. The smallest absolute Gasteiger partial charge is 0.257 e. The number of halogens is 3. The first-order valence-electron chi connectivity index (χ1n) is 12.8. The Hall–Kier alpha value is -2.44. The van der Waals surface area contributed by atoms with E-state index in [2.05, 4.69) is 27.1 Å². The minimum Gasteiger partial charge on any atom is -0.378 e. The molecule has 0 spiro atoms. The SMILES string of the molecule is CN1CCN(Cc2csc(-c3c(C(=O)Nc4ccc(Cl)cn4)cc(Cl)c(C(N)=O)c3N3CCOCC3)c2Cl)CC1. The Morgan fingerprint density at radius 3 is 2.48 bits per heavy atom. The molecule has 9 nitrogen and oxygen atoms in total. The van der Waals surface area contributed by atoms with Crippen molar-refractivity contribution in [2.75, 3.05) is 69.7 Å². The number of hydrogen-bond donors (Lipinski definition) is 2. The van der Waals surface area contributed by atoms with Crippen molar-refractivity contribution < 1.29 is 14.3 Å². The number of nitrogens with zero attached hydrogens (tertiary/aromatic N) is 4. The van der Waals surface area contributed by atoms with Crippen LogP contribution in [-0.2, 0) is 11.3 Å². The molecule has 13 heteroatoms. The minimum atomic E-state index is -0.690. The second kappa shape index (κ2) is 12.6. The van der Waals surface area contributed by atoms with Crippen molar-refractivity contribution in [3.05, 3.63) is 61.5 Å². The van der Waals surface area contributed by atoms with Gasteiger partial charge in [-0.1, -0.05) is 34.8 Å². The number of aromatic nitrogens is 1. The maximum Gasteiger partial charge on any atom is 0.257 e. The lowest BCUT2D eigenvalue weighted by atomic mass is 9.96. The molecule has 4 heterocycles. The van der Waals surface area contributed by atoms with Crippen molar-refractivity contribution in [1.29, 1.82) is 0 Å². The van der Waals surface area contributed by atoms with Crippen LogP contribution < -0.4 is 16.0 Å². The second-order valence-corrected chi connectivity index (χ2v) is 11.9. The third-order valence-corrected chi connectivity index (χ3v) is 9.17. The zero-order valence-electron chi connectivity index (χ0n) is 21.9. The van der Waals surface area contributed by atoms with Crippen molar-refractivity contribution in [1.82, 2.24) is 14.8 Å². The molecule has 2 aliphatic rings. The summed E-state index contributed by atoms with van der Waals surface area (Å²) in [4.78, 5) is 38.0. The average Bonchev–Trinajstić information content (AvgIpc) is 3.30. The number of anilines is 2. The molecule has 0 radical (unpaired) electrons. The fraction of sp³-hybridized carbons (Fsp3) is 0.370. The fourth-order valence-corrected chi connectivity index (χ4v) is 6.74. The van der Waals surface area contributed by atoms with Gasteiger partial charge >= 0.3 is 0 Å². The summed E-state index contributed by atoms with van der Waals surface area (Å²) in [5.41, 5.74) is 8.21. The molecule has 0 aliphatic carbocycles. The summed E-state index contributed by atoms with van der Waals surface area (Å²) < 4.78 is 5.56. The third kappa shape index (κ3) is 6.23. The van der Waals surface area contributed by atoms with Gasteiger partial charge in [-0.3, -0.25) is 14.5 Å². The van der Waals surface area contributed by atoms with E-state index in [1.54, 1.807) is 12.1 Å². The van der Waals surface area contributed by atoms with E-state index >= 15 is 0 Å². The maximum absolute atomic E-state index is 13.8. The maximum atomic E-state index is 13.8. The quantitative estimate of drug-likeness (QED) is 0.393. The summed E-state index contributed by atoms with van der Waals surface area (Å²) in [5, 5.41) is 5.90. The number of thiophene rings is 1. The van der Waals surface area contributed by atoms with E-state index in [0.717, 1.165) is 31.7 Å². The number of likely N-dealkylation sites (N-methyl/N-ethyl adjacent to an activating group) is 1. The van der Waals surface area contributed by atoms with Gasteiger partial charge in [-0.25, -0.2) is 4.98 Å². The molecule has 2 aromatic heterocycles. The molecule has 212 valence electrons. The van der Waals surface area contributed by atoms with E-state index in [9.17, 15) is 9.59 Å². The first-order chi connectivity index (χ1) is 19.2. The molecular weight excluding hydrogens is 595 g/mol. The number of hydrogen-bond acceptors (Lipinski definition) is 8. The topological polar surface area (TPSA) is 104 Å². The molecule has 2 saturated heterocycles. The molecule has 2 aliphatic heterocycles. The third-order valence-electron chi connectivity index (χ3n) is 7.06. The predicted octanol–water partition coefficient (Wildman–Crippen LogP) is 4.71. The lowest BCUT2D eigenvalue weighted by molar-refractivity contribution is 0.0994.